The van der Waals surface area contributed by atoms with E-state index in [0.717, 1.165) is 22.6 Å². The van der Waals surface area contributed by atoms with E-state index in [-0.39, 0.29) is 11.9 Å². The van der Waals surface area contributed by atoms with Crippen molar-refractivity contribution < 1.29 is 9.53 Å². The van der Waals surface area contributed by atoms with E-state index in [0.29, 0.717) is 48.5 Å². The molecule has 5 rings (SSSR count). The van der Waals surface area contributed by atoms with Crippen LogP contribution in [0, 0.1) is 0 Å². The Morgan fingerprint density at radius 1 is 1.17 bits per heavy atom. The van der Waals surface area contributed by atoms with Crippen LogP contribution in [0.25, 0.3) is 0 Å². The summed E-state index contributed by atoms with van der Waals surface area (Å²) in [4.78, 5) is 15.1. The van der Waals surface area contributed by atoms with E-state index >= 15 is 0 Å². The average molecular weight is 443 g/mol. The highest BCUT2D eigenvalue weighted by molar-refractivity contribution is 6.31. The first-order valence-corrected chi connectivity index (χ1v) is 10.6. The van der Waals surface area contributed by atoms with Crippen molar-refractivity contribution in [3.63, 3.8) is 0 Å². The number of benzene rings is 2. The molecule has 0 saturated heterocycles. The lowest BCUT2D eigenvalue weighted by Crippen LogP contribution is -2.49. The molecule has 0 spiro atoms. The second-order valence-electron chi connectivity index (χ2n) is 7.50. The summed E-state index contributed by atoms with van der Waals surface area (Å²) in [5.74, 6) is 0.631. The molecule has 2 aliphatic heterocycles. The minimum absolute atomic E-state index is 0.107. The molecule has 0 saturated carbocycles. The summed E-state index contributed by atoms with van der Waals surface area (Å²) in [6.07, 6.45) is 0.671. The van der Waals surface area contributed by atoms with Crippen LogP contribution in [0.3, 0.4) is 0 Å². The second kappa shape index (κ2) is 7.85. The van der Waals surface area contributed by atoms with Crippen LogP contribution < -0.4 is 10.1 Å². The molecule has 0 radical (unpaired) electrons. The molecule has 3 heterocycles. The zero-order chi connectivity index (χ0) is 20.7. The third-order valence-electron chi connectivity index (χ3n) is 5.57. The van der Waals surface area contributed by atoms with Crippen LogP contribution in [0.4, 0.5) is 5.69 Å². The largest absolute Gasteiger partial charge is 0.489 e. The van der Waals surface area contributed by atoms with Crippen molar-refractivity contribution in [3.8, 4) is 5.75 Å². The van der Waals surface area contributed by atoms with Crippen LogP contribution in [0.15, 0.2) is 48.5 Å². The van der Waals surface area contributed by atoms with Gasteiger partial charge >= 0.3 is 0 Å². The van der Waals surface area contributed by atoms with Crippen LogP contribution in [0.2, 0.25) is 10.2 Å². The number of carbonyl (C=O) groups is 1. The summed E-state index contributed by atoms with van der Waals surface area (Å²) in [6, 6.07) is 15.3. The van der Waals surface area contributed by atoms with E-state index < -0.39 is 0 Å². The van der Waals surface area contributed by atoms with Gasteiger partial charge in [-0.1, -0.05) is 53.5 Å². The molecular weight excluding hydrogens is 423 g/mol. The summed E-state index contributed by atoms with van der Waals surface area (Å²) in [6.45, 7) is 2.09. The van der Waals surface area contributed by atoms with E-state index in [1.54, 1.807) is 10.7 Å². The summed E-state index contributed by atoms with van der Waals surface area (Å²) >= 11 is 12.7. The fourth-order valence-corrected chi connectivity index (χ4v) is 4.44. The Morgan fingerprint density at radius 2 is 2.00 bits per heavy atom. The fraction of sp³-hybridized carbons (Fsp3) is 0.273. The van der Waals surface area contributed by atoms with E-state index in [1.807, 2.05) is 47.4 Å². The number of fused-ring (bicyclic) bond motifs is 2. The standard InChI is InChI=1S/C22H20Cl2N4O2/c23-15-6-7-19-18(10-15)25-11-16(13-30-19)27-9-8-17-20(22(27)29)26-28(21(17)24)12-14-4-2-1-3-5-14/h1-7,10,16,25H,8-9,11-13H2/t16-/m0/s1. The maximum absolute atomic E-state index is 13.3. The molecule has 1 amide bonds. The Balaban J connectivity index is 1.36. The summed E-state index contributed by atoms with van der Waals surface area (Å²) < 4.78 is 7.66. The number of nitrogens with zero attached hydrogens (tertiary/aromatic N) is 3. The molecule has 8 heteroatoms. The SMILES string of the molecule is O=C1c2nn(Cc3ccccc3)c(Cl)c2CCN1[C@H]1CNc2cc(Cl)ccc2OC1. The van der Waals surface area contributed by atoms with Gasteiger partial charge < -0.3 is 15.0 Å². The van der Waals surface area contributed by atoms with Crippen LogP contribution >= 0.6 is 23.2 Å². The Hall–Kier alpha value is -2.70. The van der Waals surface area contributed by atoms with Crippen LogP contribution in [-0.4, -0.2) is 46.3 Å². The molecular formula is C22H20Cl2N4O2. The number of carbonyl (C=O) groups excluding carboxylic acids is 1. The average Bonchev–Trinajstić information content (AvgIpc) is 2.93. The van der Waals surface area contributed by atoms with Crippen LogP contribution in [0.1, 0.15) is 21.6 Å². The third-order valence-corrected chi connectivity index (χ3v) is 6.22. The van der Waals surface area contributed by atoms with Crippen molar-refractivity contribution in [1.82, 2.24) is 14.7 Å². The topological polar surface area (TPSA) is 59.4 Å². The molecule has 1 aromatic heterocycles. The molecule has 2 aliphatic rings. The van der Waals surface area contributed by atoms with Crippen molar-refractivity contribution >= 4 is 34.8 Å². The van der Waals surface area contributed by atoms with E-state index in [2.05, 4.69) is 10.4 Å². The van der Waals surface area contributed by atoms with Gasteiger partial charge in [-0.25, -0.2) is 4.68 Å². The van der Waals surface area contributed by atoms with Gasteiger partial charge in [-0.05, 0) is 30.2 Å². The van der Waals surface area contributed by atoms with Gasteiger partial charge in [-0.3, -0.25) is 4.79 Å². The highest BCUT2D eigenvalue weighted by atomic mass is 35.5. The summed E-state index contributed by atoms with van der Waals surface area (Å²) in [7, 11) is 0. The number of hydrogen-bond donors (Lipinski definition) is 1. The van der Waals surface area contributed by atoms with Gasteiger partial charge in [0, 0.05) is 23.7 Å². The monoisotopic (exact) mass is 442 g/mol. The maximum atomic E-state index is 13.3. The first-order valence-electron chi connectivity index (χ1n) is 9.86. The fourth-order valence-electron chi connectivity index (χ4n) is 3.99. The van der Waals surface area contributed by atoms with Gasteiger partial charge in [0.2, 0.25) is 0 Å². The highest BCUT2D eigenvalue weighted by Gasteiger charge is 2.35. The molecule has 0 fully saturated rings. The van der Waals surface area contributed by atoms with Gasteiger partial charge in [0.05, 0.1) is 18.3 Å². The second-order valence-corrected chi connectivity index (χ2v) is 8.29. The quantitative estimate of drug-likeness (QED) is 0.662. The minimum atomic E-state index is -0.116. The highest BCUT2D eigenvalue weighted by Crippen LogP contribution is 2.32. The molecule has 1 N–H and O–H groups in total. The van der Waals surface area contributed by atoms with Crippen molar-refractivity contribution in [1.29, 1.82) is 0 Å². The van der Waals surface area contributed by atoms with Crippen molar-refractivity contribution in [2.45, 2.75) is 19.0 Å². The van der Waals surface area contributed by atoms with Gasteiger partial charge in [-0.2, -0.15) is 5.10 Å². The Bertz CT molecular complexity index is 1100. The lowest BCUT2D eigenvalue weighted by atomic mass is 10.1. The van der Waals surface area contributed by atoms with Crippen LogP contribution in [0.5, 0.6) is 5.75 Å². The molecule has 0 unspecified atom stereocenters. The number of halogens is 2. The smallest absolute Gasteiger partial charge is 0.275 e. The van der Waals surface area contributed by atoms with Crippen LogP contribution in [-0.2, 0) is 13.0 Å². The number of ether oxygens (including phenoxy) is 1. The normalized spacial score (nSPS) is 18.1. The third kappa shape index (κ3) is 3.50. The Morgan fingerprint density at radius 3 is 2.83 bits per heavy atom. The number of anilines is 1. The molecule has 1 atom stereocenters. The zero-order valence-electron chi connectivity index (χ0n) is 16.1. The van der Waals surface area contributed by atoms with Crippen molar-refractivity contribution in [2.75, 3.05) is 25.0 Å². The minimum Gasteiger partial charge on any atom is -0.489 e. The summed E-state index contributed by atoms with van der Waals surface area (Å²) in [5, 5.41) is 9.09. The Kier molecular flexibility index (Phi) is 5.05. The van der Waals surface area contributed by atoms with E-state index in [1.165, 1.54) is 0 Å². The summed E-state index contributed by atoms with van der Waals surface area (Å²) in [5.41, 5.74) is 3.19. The first kappa shape index (κ1) is 19.3. The van der Waals surface area contributed by atoms with E-state index in [9.17, 15) is 4.79 Å². The van der Waals surface area contributed by atoms with Gasteiger partial charge in [0.25, 0.3) is 5.91 Å². The number of nitrogens with one attached hydrogen (secondary N) is 1. The molecule has 0 aliphatic carbocycles. The molecule has 3 aromatic rings. The maximum Gasteiger partial charge on any atom is 0.275 e. The zero-order valence-corrected chi connectivity index (χ0v) is 17.7. The van der Waals surface area contributed by atoms with E-state index in [4.69, 9.17) is 27.9 Å². The number of rotatable bonds is 3. The first-order chi connectivity index (χ1) is 14.6. The van der Waals surface area contributed by atoms with Gasteiger partial charge in [0.15, 0.2) is 5.69 Å². The van der Waals surface area contributed by atoms with Crippen molar-refractivity contribution in [3.05, 3.63) is 75.5 Å². The molecule has 154 valence electrons. The lowest BCUT2D eigenvalue weighted by Gasteiger charge is -2.32. The number of hydrogen-bond acceptors (Lipinski definition) is 4. The molecule has 30 heavy (non-hydrogen) atoms. The van der Waals surface area contributed by atoms with Gasteiger partial charge in [-0.15, -0.1) is 0 Å². The predicted molar refractivity (Wildman–Crippen MR) is 117 cm³/mol. The molecule has 2 aromatic carbocycles. The van der Waals surface area contributed by atoms with Gasteiger partial charge in [0.1, 0.15) is 17.5 Å². The molecule has 6 nitrogen and oxygen atoms in total. The molecule has 0 bridgehead atoms. The number of amides is 1. The van der Waals surface area contributed by atoms with Crippen molar-refractivity contribution in [2.24, 2.45) is 0 Å². The Labute approximate surface area is 184 Å². The lowest BCUT2D eigenvalue weighted by molar-refractivity contribution is 0.0609. The predicted octanol–water partition coefficient (Wildman–Crippen LogP) is 4.11. The number of aromatic nitrogens is 2.